The van der Waals surface area contributed by atoms with Gasteiger partial charge < -0.3 is 10.1 Å². The Bertz CT molecular complexity index is 901. The summed E-state index contributed by atoms with van der Waals surface area (Å²) in [6.07, 6.45) is 4.86. The van der Waals surface area contributed by atoms with Gasteiger partial charge in [0.15, 0.2) is 0 Å². The fraction of sp³-hybridized carbons (Fsp3) is 0.409. The summed E-state index contributed by atoms with van der Waals surface area (Å²) < 4.78 is 32.7. The Morgan fingerprint density at radius 1 is 0.966 bits per heavy atom. The summed E-state index contributed by atoms with van der Waals surface area (Å²) in [4.78, 5) is 12.7. The lowest BCUT2D eigenvalue weighted by Gasteiger charge is -2.20. The van der Waals surface area contributed by atoms with Gasteiger partial charge in [0.1, 0.15) is 5.75 Å². The van der Waals surface area contributed by atoms with E-state index >= 15 is 0 Å². The highest BCUT2D eigenvalue weighted by atomic mass is 32.2. The van der Waals surface area contributed by atoms with Crippen LogP contribution in [-0.2, 0) is 10.0 Å². The monoisotopic (exact) mass is 416 g/mol. The first-order valence-corrected chi connectivity index (χ1v) is 11.6. The Hall–Kier alpha value is -2.38. The van der Waals surface area contributed by atoms with E-state index in [2.05, 4.69) is 5.32 Å². The second-order valence-corrected chi connectivity index (χ2v) is 9.11. The molecule has 0 aromatic heterocycles. The summed E-state index contributed by atoms with van der Waals surface area (Å²) in [5.41, 5.74) is 1.06. The Morgan fingerprint density at radius 2 is 1.59 bits per heavy atom. The second kappa shape index (κ2) is 9.89. The number of benzene rings is 2. The van der Waals surface area contributed by atoms with Crippen molar-refractivity contribution in [2.75, 3.05) is 25.0 Å². The van der Waals surface area contributed by atoms with Gasteiger partial charge in [-0.1, -0.05) is 19.8 Å². The van der Waals surface area contributed by atoms with E-state index in [0.717, 1.165) is 37.9 Å². The van der Waals surface area contributed by atoms with Crippen LogP contribution in [0.3, 0.4) is 0 Å². The second-order valence-electron chi connectivity index (χ2n) is 7.17. The standard InChI is InChI=1S/C22H28N2O4S/c1-2-17-28-20-11-7-18(8-12-20)22(25)23-19-9-13-21(14-10-19)29(26,27)24-15-5-3-4-6-16-24/h7-14H,2-6,15-17H2,1H3,(H,23,25). The number of carbonyl (C=O) groups is 1. The van der Waals surface area contributed by atoms with Crippen molar-refractivity contribution in [3.05, 3.63) is 54.1 Å². The van der Waals surface area contributed by atoms with E-state index in [9.17, 15) is 13.2 Å². The number of ether oxygens (including phenoxy) is 1. The number of nitrogens with zero attached hydrogens (tertiary/aromatic N) is 1. The average molecular weight is 417 g/mol. The summed E-state index contributed by atoms with van der Waals surface area (Å²) in [6.45, 7) is 3.81. The van der Waals surface area contributed by atoms with Crippen LogP contribution in [0, 0.1) is 0 Å². The maximum Gasteiger partial charge on any atom is 0.255 e. The fourth-order valence-electron chi connectivity index (χ4n) is 3.27. The lowest BCUT2D eigenvalue weighted by molar-refractivity contribution is 0.102. The molecule has 6 nitrogen and oxygen atoms in total. The number of rotatable bonds is 7. The minimum absolute atomic E-state index is 0.254. The molecule has 0 bridgehead atoms. The molecule has 1 saturated heterocycles. The Labute approximate surface area is 172 Å². The molecule has 0 unspecified atom stereocenters. The summed E-state index contributed by atoms with van der Waals surface area (Å²) in [5.74, 6) is 0.474. The summed E-state index contributed by atoms with van der Waals surface area (Å²) in [5, 5.41) is 2.80. The van der Waals surface area contributed by atoms with Gasteiger partial charge in [0.05, 0.1) is 11.5 Å². The number of amides is 1. The highest BCUT2D eigenvalue weighted by molar-refractivity contribution is 7.89. The molecular weight excluding hydrogens is 388 g/mol. The molecule has 2 aromatic rings. The first-order valence-electron chi connectivity index (χ1n) is 10.1. The molecule has 1 aliphatic heterocycles. The largest absolute Gasteiger partial charge is 0.494 e. The molecular formula is C22H28N2O4S. The van der Waals surface area contributed by atoms with Gasteiger partial charge >= 0.3 is 0 Å². The number of hydrogen-bond acceptors (Lipinski definition) is 4. The molecule has 7 heteroatoms. The third-order valence-corrected chi connectivity index (χ3v) is 6.82. The SMILES string of the molecule is CCCOc1ccc(C(=O)Nc2ccc(S(=O)(=O)N3CCCCCC3)cc2)cc1. The van der Waals surface area contributed by atoms with E-state index in [1.54, 1.807) is 52.8 Å². The third kappa shape index (κ3) is 5.58. The lowest BCUT2D eigenvalue weighted by Crippen LogP contribution is -2.31. The molecule has 29 heavy (non-hydrogen) atoms. The van der Waals surface area contributed by atoms with Crippen LogP contribution >= 0.6 is 0 Å². The van der Waals surface area contributed by atoms with Crippen molar-refractivity contribution in [3.8, 4) is 5.75 Å². The molecule has 0 saturated carbocycles. The first kappa shape index (κ1) is 21.3. The molecule has 0 aliphatic carbocycles. The Morgan fingerprint density at radius 3 is 2.17 bits per heavy atom. The molecule has 2 aromatic carbocycles. The van der Waals surface area contributed by atoms with Crippen molar-refractivity contribution in [2.24, 2.45) is 0 Å². The van der Waals surface area contributed by atoms with Crippen molar-refractivity contribution in [2.45, 2.75) is 43.9 Å². The molecule has 0 atom stereocenters. The molecule has 3 rings (SSSR count). The van der Waals surface area contributed by atoms with E-state index in [1.807, 2.05) is 6.92 Å². The van der Waals surface area contributed by atoms with Crippen molar-refractivity contribution in [1.82, 2.24) is 4.31 Å². The zero-order valence-corrected chi connectivity index (χ0v) is 17.6. The maximum atomic E-state index is 12.8. The van der Waals surface area contributed by atoms with E-state index in [4.69, 9.17) is 4.74 Å². The normalized spacial score (nSPS) is 15.5. The molecule has 1 amide bonds. The van der Waals surface area contributed by atoms with Crippen LogP contribution in [0.25, 0.3) is 0 Å². The summed E-state index contributed by atoms with van der Waals surface area (Å²) in [7, 11) is -3.49. The van der Waals surface area contributed by atoms with Crippen LogP contribution in [0.5, 0.6) is 5.75 Å². The van der Waals surface area contributed by atoms with Crippen LogP contribution in [0.4, 0.5) is 5.69 Å². The van der Waals surface area contributed by atoms with Crippen molar-refractivity contribution in [3.63, 3.8) is 0 Å². The maximum absolute atomic E-state index is 12.8. The summed E-state index contributed by atoms with van der Waals surface area (Å²) in [6, 6.07) is 13.3. The van der Waals surface area contributed by atoms with E-state index < -0.39 is 10.0 Å². The molecule has 0 spiro atoms. The molecule has 0 radical (unpaired) electrons. The third-order valence-electron chi connectivity index (χ3n) is 4.90. The highest BCUT2D eigenvalue weighted by Crippen LogP contribution is 2.22. The zero-order valence-electron chi connectivity index (χ0n) is 16.8. The molecule has 1 heterocycles. The van der Waals surface area contributed by atoms with Gasteiger partial charge in [0.2, 0.25) is 10.0 Å². The molecule has 1 aliphatic rings. The number of hydrogen-bond donors (Lipinski definition) is 1. The van der Waals surface area contributed by atoms with Crippen molar-refractivity contribution in [1.29, 1.82) is 0 Å². The van der Waals surface area contributed by atoms with Crippen molar-refractivity contribution >= 4 is 21.6 Å². The number of anilines is 1. The average Bonchev–Trinajstić information content (AvgIpc) is 3.03. The smallest absolute Gasteiger partial charge is 0.255 e. The van der Waals surface area contributed by atoms with E-state index in [1.165, 1.54) is 0 Å². The van der Waals surface area contributed by atoms with Gasteiger partial charge in [-0.05, 0) is 67.8 Å². The molecule has 156 valence electrons. The van der Waals surface area contributed by atoms with Gasteiger partial charge in [-0.25, -0.2) is 8.42 Å². The minimum Gasteiger partial charge on any atom is -0.494 e. The van der Waals surface area contributed by atoms with Gasteiger partial charge in [0.25, 0.3) is 5.91 Å². The first-order chi connectivity index (χ1) is 14.0. The van der Waals surface area contributed by atoms with Gasteiger partial charge in [-0.3, -0.25) is 4.79 Å². The number of nitrogens with one attached hydrogen (secondary N) is 1. The van der Waals surface area contributed by atoms with Crippen LogP contribution in [0.15, 0.2) is 53.4 Å². The number of sulfonamides is 1. The predicted octanol–water partition coefficient (Wildman–Crippen LogP) is 4.29. The summed E-state index contributed by atoms with van der Waals surface area (Å²) >= 11 is 0. The fourth-order valence-corrected chi connectivity index (χ4v) is 4.78. The topological polar surface area (TPSA) is 75.7 Å². The Balaban J connectivity index is 1.64. The minimum atomic E-state index is -3.49. The lowest BCUT2D eigenvalue weighted by atomic mass is 10.2. The van der Waals surface area contributed by atoms with Crippen molar-refractivity contribution < 1.29 is 17.9 Å². The van der Waals surface area contributed by atoms with E-state index in [-0.39, 0.29) is 10.8 Å². The van der Waals surface area contributed by atoms with Gasteiger partial charge in [-0.15, -0.1) is 0 Å². The van der Waals surface area contributed by atoms with Gasteiger partial charge in [0, 0.05) is 24.3 Å². The van der Waals surface area contributed by atoms with Crippen LogP contribution in [0.2, 0.25) is 0 Å². The molecule has 1 fully saturated rings. The van der Waals surface area contributed by atoms with Gasteiger partial charge in [-0.2, -0.15) is 4.31 Å². The number of carbonyl (C=O) groups excluding carboxylic acids is 1. The van der Waals surface area contributed by atoms with Crippen LogP contribution < -0.4 is 10.1 Å². The quantitative estimate of drug-likeness (QED) is 0.730. The predicted molar refractivity (Wildman–Crippen MR) is 114 cm³/mol. The zero-order chi connectivity index (χ0) is 20.7. The molecule has 1 N–H and O–H groups in total. The van der Waals surface area contributed by atoms with E-state index in [0.29, 0.717) is 30.9 Å². The highest BCUT2D eigenvalue weighted by Gasteiger charge is 2.25. The van der Waals surface area contributed by atoms with Crippen LogP contribution in [-0.4, -0.2) is 38.3 Å². The Kier molecular flexibility index (Phi) is 7.28. The van der Waals surface area contributed by atoms with Crippen LogP contribution in [0.1, 0.15) is 49.4 Å².